The molecule has 1 aromatic heterocycles. The Balaban J connectivity index is 1.78. The molecule has 0 bridgehead atoms. The Kier molecular flexibility index (Phi) is 5.68. The number of hydrogen-bond donors (Lipinski definition) is 2. The molecule has 0 saturated carbocycles. The molecule has 0 radical (unpaired) electrons. The van der Waals surface area contributed by atoms with Crippen LogP contribution in [0.1, 0.15) is 18.1 Å². The van der Waals surface area contributed by atoms with Crippen LogP contribution in [-0.4, -0.2) is 23.4 Å². The van der Waals surface area contributed by atoms with Crippen molar-refractivity contribution in [2.45, 2.75) is 20.4 Å². The third kappa shape index (κ3) is 5.43. The van der Waals surface area contributed by atoms with Gasteiger partial charge in [-0.25, -0.2) is 4.98 Å². The average molecular weight is 313 g/mol. The van der Waals surface area contributed by atoms with E-state index in [1.807, 2.05) is 31.2 Å². The maximum Gasteiger partial charge on any atom is 0.258 e. The van der Waals surface area contributed by atoms with Gasteiger partial charge in [-0.3, -0.25) is 9.59 Å². The minimum atomic E-state index is -0.221. The highest BCUT2D eigenvalue weighted by molar-refractivity contribution is 5.88. The number of ether oxygens (including phenoxy) is 1. The zero-order valence-corrected chi connectivity index (χ0v) is 13.1. The van der Waals surface area contributed by atoms with Gasteiger partial charge in [-0.2, -0.15) is 0 Å². The number of carbonyl (C=O) groups is 2. The van der Waals surface area contributed by atoms with Gasteiger partial charge in [0.25, 0.3) is 5.91 Å². The van der Waals surface area contributed by atoms with Crippen LogP contribution in [0.25, 0.3) is 0 Å². The third-order valence-electron chi connectivity index (χ3n) is 3.15. The number of nitrogens with one attached hydrogen (secondary N) is 2. The number of nitrogens with zero attached hydrogens (tertiary/aromatic N) is 1. The molecule has 0 fully saturated rings. The minimum Gasteiger partial charge on any atom is -0.468 e. The number of aryl methyl sites for hydroxylation is 1. The molecule has 2 rings (SSSR count). The standard InChI is InChI=1S/C17H19N3O3/c1-12-5-3-4-6-14(12)9-18-16(22)11-23-17-8-7-15(10-19-17)20-13(2)21/h3-8,10H,9,11H2,1-2H3,(H,18,22)(H,20,21). The molecule has 0 aliphatic carbocycles. The Morgan fingerprint density at radius 2 is 1.96 bits per heavy atom. The molecular formula is C17H19N3O3. The summed E-state index contributed by atoms with van der Waals surface area (Å²) in [6, 6.07) is 11.1. The fraction of sp³-hybridized carbons (Fsp3) is 0.235. The van der Waals surface area contributed by atoms with E-state index < -0.39 is 0 Å². The van der Waals surface area contributed by atoms with Crippen molar-refractivity contribution in [3.05, 3.63) is 53.7 Å². The summed E-state index contributed by atoms with van der Waals surface area (Å²) in [4.78, 5) is 26.7. The highest BCUT2D eigenvalue weighted by Crippen LogP contribution is 2.11. The Bertz CT molecular complexity index is 684. The Morgan fingerprint density at radius 1 is 1.17 bits per heavy atom. The Hall–Kier alpha value is -2.89. The molecular weight excluding hydrogens is 294 g/mol. The van der Waals surface area contributed by atoms with Crippen LogP contribution in [0.15, 0.2) is 42.6 Å². The predicted molar refractivity (Wildman–Crippen MR) is 87.1 cm³/mol. The summed E-state index contributed by atoms with van der Waals surface area (Å²) < 4.78 is 5.31. The van der Waals surface area contributed by atoms with Crippen LogP contribution in [-0.2, 0) is 16.1 Å². The quantitative estimate of drug-likeness (QED) is 0.855. The van der Waals surface area contributed by atoms with E-state index in [0.717, 1.165) is 11.1 Å². The first-order chi connectivity index (χ1) is 11.0. The first-order valence-corrected chi connectivity index (χ1v) is 7.22. The molecule has 0 aliphatic heterocycles. The molecule has 0 saturated heterocycles. The average Bonchev–Trinajstić information content (AvgIpc) is 2.53. The van der Waals surface area contributed by atoms with Gasteiger partial charge in [0.2, 0.25) is 11.8 Å². The molecule has 0 atom stereocenters. The van der Waals surface area contributed by atoms with Crippen molar-refractivity contribution in [3.8, 4) is 5.88 Å². The predicted octanol–water partition coefficient (Wildman–Crippen LogP) is 2.04. The van der Waals surface area contributed by atoms with E-state index in [0.29, 0.717) is 18.1 Å². The second-order valence-electron chi connectivity index (χ2n) is 5.06. The lowest BCUT2D eigenvalue weighted by Gasteiger charge is -2.09. The summed E-state index contributed by atoms with van der Waals surface area (Å²) in [7, 11) is 0. The summed E-state index contributed by atoms with van der Waals surface area (Å²) in [6.07, 6.45) is 1.47. The van der Waals surface area contributed by atoms with Crippen molar-refractivity contribution in [3.63, 3.8) is 0 Å². The number of rotatable bonds is 6. The van der Waals surface area contributed by atoms with Crippen LogP contribution < -0.4 is 15.4 Å². The number of aromatic nitrogens is 1. The molecule has 6 heteroatoms. The highest BCUT2D eigenvalue weighted by atomic mass is 16.5. The summed E-state index contributed by atoms with van der Waals surface area (Å²) in [5.41, 5.74) is 2.77. The lowest BCUT2D eigenvalue weighted by atomic mass is 10.1. The van der Waals surface area contributed by atoms with Gasteiger partial charge in [-0.05, 0) is 24.1 Å². The zero-order chi connectivity index (χ0) is 16.7. The van der Waals surface area contributed by atoms with Gasteiger partial charge >= 0.3 is 0 Å². The zero-order valence-electron chi connectivity index (χ0n) is 13.1. The minimum absolute atomic E-state index is 0.113. The molecule has 1 aromatic carbocycles. The second-order valence-corrected chi connectivity index (χ2v) is 5.06. The lowest BCUT2D eigenvalue weighted by molar-refractivity contribution is -0.123. The summed E-state index contributed by atoms with van der Waals surface area (Å²) in [5, 5.41) is 5.40. The van der Waals surface area contributed by atoms with Gasteiger partial charge in [-0.1, -0.05) is 24.3 Å². The van der Waals surface area contributed by atoms with E-state index in [1.54, 1.807) is 12.1 Å². The third-order valence-corrected chi connectivity index (χ3v) is 3.15. The molecule has 120 valence electrons. The first kappa shape index (κ1) is 16.5. The van der Waals surface area contributed by atoms with E-state index in [1.165, 1.54) is 13.1 Å². The molecule has 0 unspecified atom stereocenters. The second kappa shape index (κ2) is 7.93. The van der Waals surface area contributed by atoms with E-state index in [2.05, 4.69) is 15.6 Å². The van der Waals surface area contributed by atoms with Crippen LogP contribution >= 0.6 is 0 Å². The van der Waals surface area contributed by atoms with E-state index in [9.17, 15) is 9.59 Å². The maximum absolute atomic E-state index is 11.8. The van der Waals surface area contributed by atoms with Gasteiger partial charge in [0, 0.05) is 19.5 Å². The monoisotopic (exact) mass is 313 g/mol. The molecule has 0 aliphatic rings. The van der Waals surface area contributed by atoms with Crippen LogP contribution in [0.5, 0.6) is 5.88 Å². The largest absolute Gasteiger partial charge is 0.468 e. The van der Waals surface area contributed by atoms with Gasteiger partial charge in [0.15, 0.2) is 6.61 Å². The van der Waals surface area contributed by atoms with Crippen molar-refractivity contribution in [2.24, 2.45) is 0 Å². The van der Waals surface area contributed by atoms with Gasteiger partial charge in [0.1, 0.15) is 0 Å². The molecule has 0 spiro atoms. The first-order valence-electron chi connectivity index (χ1n) is 7.22. The molecule has 2 amide bonds. The summed E-state index contributed by atoms with van der Waals surface area (Å²) in [5.74, 6) is -0.0674. The number of anilines is 1. The number of benzene rings is 1. The van der Waals surface area contributed by atoms with E-state index in [-0.39, 0.29) is 18.4 Å². The smallest absolute Gasteiger partial charge is 0.258 e. The van der Waals surface area contributed by atoms with Crippen LogP contribution in [0, 0.1) is 6.92 Å². The normalized spacial score (nSPS) is 10.0. The van der Waals surface area contributed by atoms with Crippen LogP contribution in [0.4, 0.5) is 5.69 Å². The van der Waals surface area contributed by atoms with Gasteiger partial charge in [0.05, 0.1) is 11.9 Å². The van der Waals surface area contributed by atoms with Crippen molar-refractivity contribution in [1.29, 1.82) is 0 Å². The van der Waals surface area contributed by atoms with Crippen LogP contribution in [0.2, 0.25) is 0 Å². The topological polar surface area (TPSA) is 80.3 Å². The van der Waals surface area contributed by atoms with Gasteiger partial charge in [-0.15, -0.1) is 0 Å². The molecule has 2 N–H and O–H groups in total. The molecule has 23 heavy (non-hydrogen) atoms. The fourth-order valence-electron chi connectivity index (χ4n) is 1.94. The fourth-order valence-corrected chi connectivity index (χ4v) is 1.94. The van der Waals surface area contributed by atoms with E-state index in [4.69, 9.17) is 4.74 Å². The van der Waals surface area contributed by atoms with Crippen molar-refractivity contribution in [2.75, 3.05) is 11.9 Å². The summed E-state index contributed by atoms with van der Waals surface area (Å²) in [6.45, 7) is 3.77. The number of pyridine rings is 1. The van der Waals surface area contributed by atoms with Crippen molar-refractivity contribution in [1.82, 2.24) is 10.3 Å². The van der Waals surface area contributed by atoms with Crippen molar-refractivity contribution >= 4 is 17.5 Å². The maximum atomic E-state index is 11.8. The number of amides is 2. The lowest BCUT2D eigenvalue weighted by Crippen LogP contribution is -2.28. The number of hydrogen-bond acceptors (Lipinski definition) is 4. The SMILES string of the molecule is CC(=O)Nc1ccc(OCC(=O)NCc2ccccc2C)nc1. The van der Waals surface area contributed by atoms with Crippen LogP contribution in [0.3, 0.4) is 0 Å². The van der Waals surface area contributed by atoms with E-state index >= 15 is 0 Å². The number of carbonyl (C=O) groups excluding carboxylic acids is 2. The molecule has 1 heterocycles. The molecule has 2 aromatic rings. The highest BCUT2D eigenvalue weighted by Gasteiger charge is 2.05. The van der Waals surface area contributed by atoms with Gasteiger partial charge < -0.3 is 15.4 Å². The Labute approximate surface area is 134 Å². The Morgan fingerprint density at radius 3 is 2.61 bits per heavy atom. The van der Waals surface area contributed by atoms with Crippen molar-refractivity contribution < 1.29 is 14.3 Å². The summed E-state index contributed by atoms with van der Waals surface area (Å²) >= 11 is 0. The molecule has 6 nitrogen and oxygen atoms in total.